The summed E-state index contributed by atoms with van der Waals surface area (Å²) in [7, 11) is 0. The second-order valence-electron chi connectivity index (χ2n) is 6.13. The molecule has 1 aliphatic carbocycles. The number of hydrogen-bond acceptors (Lipinski definition) is 9. The maximum absolute atomic E-state index is 12.2. The molecule has 136 valence electrons. The van der Waals surface area contributed by atoms with E-state index in [1.807, 2.05) is 18.2 Å². The first-order chi connectivity index (χ1) is 12.8. The highest BCUT2D eigenvalue weighted by atomic mass is 32.2. The monoisotopic (exact) mass is 406 g/mol. The highest BCUT2D eigenvalue weighted by Crippen LogP contribution is 2.28. The molecule has 0 aliphatic heterocycles. The zero-order valence-corrected chi connectivity index (χ0v) is 16.4. The van der Waals surface area contributed by atoms with E-state index in [2.05, 4.69) is 29.6 Å². The van der Waals surface area contributed by atoms with Crippen LogP contribution in [0.5, 0.6) is 0 Å². The van der Waals surface area contributed by atoms with Crippen LogP contribution in [0.1, 0.15) is 32.1 Å². The Balaban J connectivity index is 1.30. The molecule has 26 heavy (non-hydrogen) atoms. The molecule has 0 atom stereocenters. The van der Waals surface area contributed by atoms with E-state index >= 15 is 0 Å². The summed E-state index contributed by atoms with van der Waals surface area (Å²) in [5.41, 5.74) is 2.22. The molecule has 0 bridgehead atoms. The van der Waals surface area contributed by atoms with Gasteiger partial charge in [-0.1, -0.05) is 48.4 Å². The topological polar surface area (TPSA) is 92.7 Å². The van der Waals surface area contributed by atoms with E-state index in [4.69, 9.17) is 0 Å². The van der Waals surface area contributed by atoms with Crippen LogP contribution in [0.4, 0.5) is 10.8 Å². The number of carbonyl (C=O) groups excluding carboxylic acids is 1. The van der Waals surface area contributed by atoms with Gasteiger partial charge in [0.05, 0.1) is 23.2 Å². The number of aromatic nitrogens is 4. The van der Waals surface area contributed by atoms with Gasteiger partial charge in [-0.05, 0) is 25.0 Å². The molecule has 10 heteroatoms. The Morgan fingerprint density at radius 1 is 1.19 bits per heavy atom. The van der Waals surface area contributed by atoms with Crippen molar-refractivity contribution in [1.82, 2.24) is 18.9 Å². The van der Waals surface area contributed by atoms with E-state index < -0.39 is 0 Å². The summed E-state index contributed by atoms with van der Waals surface area (Å²) in [6, 6.07) is 6.08. The van der Waals surface area contributed by atoms with Crippen molar-refractivity contribution in [2.45, 2.75) is 42.5 Å². The molecule has 2 aromatic heterocycles. The minimum absolute atomic E-state index is 0.0903. The Morgan fingerprint density at radius 2 is 2.08 bits per heavy atom. The van der Waals surface area contributed by atoms with Crippen molar-refractivity contribution >= 4 is 62.6 Å². The zero-order valence-electron chi connectivity index (χ0n) is 14.0. The Kier molecular flexibility index (Phi) is 5.61. The highest BCUT2D eigenvalue weighted by molar-refractivity contribution is 8.01. The fourth-order valence-corrected chi connectivity index (χ4v) is 5.15. The van der Waals surface area contributed by atoms with Crippen LogP contribution < -0.4 is 10.6 Å². The summed E-state index contributed by atoms with van der Waals surface area (Å²) in [5, 5.41) is 15.6. The van der Waals surface area contributed by atoms with Gasteiger partial charge in [-0.25, -0.2) is 0 Å². The first kappa shape index (κ1) is 17.6. The van der Waals surface area contributed by atoms with Gasteiger partial charge in [0.1, 0.15) is 11.0 Å². The number of fused-ring (bicyclic) bond motifs is 1. The average Bonchev–Trinajstić information content (AvgIpc) is 3.31. The number of nitrogens with one attached hydrogen (secondary N) is 2. The normalized spacial score (nSPS) is 15.2. The third-order valence-electron chi connectivity index (χ3n) is 4.23. The molecule has 1 aromatic carbocycles. The Labute approximate surface area is 163 Å². The minimum Gasteiger partial charge on any atom is -0.357 e. The fourth-order valence-electron chi connectivity index (χ4n) is 2.97. The average molecular weight is 407 g/mol. The molecule has 3 aromatic rings. The molecule has 0 spiro atoms. The summed E-state index contributed by atoms with van der Waals surface area (Å²) in [6.45, 7) is 0. The first-order valence-electron chi connectivity index (χ1n) is 8.52. The summed E-state index contributed by atoms with van der Waals surface area (Å²) < 4.78 is 9.21. The number of rotatable bonds is 6. The number of thioether (sulfide) groups is 1. The molecule has 0 saturated heterocycles. The van der Waals surface area contributed by atoms with E-state index in [1.165, 1.54) is 55.2 Å². The molecule has 0 radical (unpaired) electrons. The molecule has 1 amide bonds. The number of benzene rings is 1. The lowest BCUT2D eigenvalue weighted by atomic mass is 9.96. The number of anilines is 2. The lowest BCUT2D eigenvalue weighted by Gasteiger charge is -2.21. The van der Waals surface area contributed by atoms with Crippen molar-refractivity contribution in [1.29, 1.82) is 0 Å². The van der Waals surface area contributed by atoms with Gasteiger partial charge in [0, 0.05) is 6.04 Å². The van der Waals surface area contributed by atoms with Crippen LogP contribution in [0.15, 0.2) is 22.5 Å². The van der Waals surface area contributed by atoms with Gasteiger partial charge in [-0.15, -0.1) is 10.2 Å². The summed E-state index contributed by atoms with van der Waals surface area (Å²) in [6.07, 6.45) is 6.27. The second-order valence-corrected chi connectivity index (χ2v) is 8.86. The maximum Gasteiger partial charge on any atom is 0.234 e. The van der Waals surface area contributed by atoms with Crippen molar-refractivity contribution in [2.24, 2.45) is 0 Å². The van der Waals surface area contributed by atoms with Crippen LogP contribution in [0.25, 0.3) is 11.0 Å². The molecule has 2 heterocycles. The van der Waals surface area contributed by atoms with Gasteiger partial charge in [0.25, 0.3) is 0 Å². The molecular weight excluding hydrogens is 388 g/mol. The van der Waals surface area contributed by atoms with Gasteiger partial charge in [0.15, 0.2) is 4.34 Å². The van der Waals surface area contributed by atoms with Crippen LogP contribution >= 0.6 is 34.8 Å². The molecule has 4 rings (SSSR count). The van der Waals surface area contributed by atoms with Crippen LogP contribution in [0, 0.1) is 0 Å². The highest BCUT2D eigenvalue weighted by Gasteiger charge is 2.16. The van der Waals surface area contributed by atoms with Crippen LogP contribution in [0.2, 0.25) is 0 Å². The van der Waals surface area contributed by atoms with Crippen molar-refractivity contribution < 1.29 is 4.79 Å². The molecule has 0 unspecified atom stereocenters. The van der Waals surface area contributed by atoms with Crippen molar-refractivity contribution in [3.8, 4) is 0 Å². The third kappa shape index (κ3) is 4.30. The Bertz CT molecular complexity index is 889. The lowest BCUT2D eigenvalue weighted by Crippen LogP contribution is -2.21. The fraction of sp³-hybridized carbons (Fsp3) is 0.438. The number of nitrogens with zero attached hydrogens (tertiary/aromatic N) is 4. The van der Waals surface area contributed by atoms with Gasteiger partial charge >= 0.3 is 0 Å². The van der Waals surface area contributed by atoms with E-state index in [0.717, 1.165) is 32.2 Å². The molecule has 1 aliphatic rings. The standard InChI is InChI=1S/C16H18N6OS3/c23-13(18-11-7-4-8-12-14(11)22-26-21-12)9-24-16-20-19-15(25-16)17-10-5-2-1-3-6-10/h4,7-8,10H,1-3,5-6,9H2,(H,17,19)(H,18,23). The quantitative estimate of drug-likeness (QED) is 0.597. The summed E-state index contributed by atoms with van der Waals surface area (Å²) >= 11 is 4.05. The third-order valence-corrected chi connectivity index (χ3v) is 6.76. The molecule has 1 fully saturated rings. The smallest absolute Gasteiger partial charge is 0.234 e. The van der Waals surface area contributed by atoms with Gasteiger partial charge in [-0.3, -0.25) is 4.79 Å². The van der Waals surface area contributed by atoms with Crippen LogP contribution in [-0.4, -0.2) is 36.6 Å². The number of amides is 1. The van der Waals surface area contributed by atoms with E-state index in [9.17, 15) is 4.79 Å². The van der Waals surface area contributed by atoms with Gasteiger partial charge < -0.3 is 10.6 Å². The second kappa shape index (κ2) is 8.28. The Hall–Kier alpha value is -1.78. The minimum atomic E-state index is -0.0903. The van der Waals surface area contributed by atoms with Crippen molar-refractivity contribution in [3.63, 3.8) is 0 Å². The molecular formula is C16H18N6OS3. The summed E-state index contributed by atoms with van der Waals surface area (Å²) in [5.74, 6) is 0.193. The van der Waals surface area contributed by atoms with E-state index in [0.29, 0.717) is 11.7 Å². The molecule has 1 saturated carbocycles. The first-order valence-corrected chi connectivity index (χ1v) is 11.0. The predicted molar refractivity (Wildman–Crippen MR) is 107 cm³/mol. The van der Waals surface area contributed by atoms with E-state index in [1.54, 1.807) is 0 Å². The van der Waals surface area contributed by atoms with Crippen LogP contribution in [0.3, 0.4) is 0 Å². The molecule has 2 N–H and O–H groups in total. The predicted octanol–water partition coefficient (Wildman–Crippen LogP) is 4.02. The Morgan fingerprint density at radius 3 is 2.96 bits per heavy atom. The summed E-state index contributed by atoms with van der Waals surface area (Å²) in [4.78, 5) is 12.2. The number of carbonyl (C=O) groups is 1. The SMILES string of the molecule is O=C(CSc1nnc(NC2CCCCC2)s1)Nc1cccc2nsnc12. The van der Waals surface area contributed by atoms with Crippen molar-refractivity contribution in [2.75, 3.05) is 16.4 Å². The van der Waals surface area contributed by atoms with Gasteiger partial charge in [0.2, 0.25) is 11.0 Å². The van der Waals surface area contributed by atoms with Crippen LogP contribution in [-0.2, 0) is 4.79 Å². The van der Waals surface area contributed by atoms with E-state index in [-0.39, 0.29) is 11.7 Å². The number of hydrogen-bond donors (Lipinski definition) is 2. The maximum atomic E-state index is 12.2. The zero-order chi connectivity index (χ0) is 17.8. The van der Waals surface area contributed by atoms with Crippen molar-refractivity contribution in [3.05, 3.63) is 18.2 Å². The largest absolute Gasteiger partial charge is 0.357 e. The lowest BCUT2D eigenvalue weighted by molar-refractivity contribution is -0.113. The van der Waals surface area contributed by atoms with Gasteiger partial charge in [-0.2, -0.15) is 8.75 Å². The molecule has 7 nitrogen and oxygen atoms in total.